The molecule has 33 heavy (non-hydrogen) atoms. The van der Waals surface area contributed by atoms with Crippen LogP contribution in [0.4, 0.5) is 5.69 Å². The summed E-state index contributed by atoms with van der Waals surface area (Å²) in [4.78, 5) is 12.2. The Morgan fingerprint density at radius 2 is 1.94 bits per heavy atom. The minimum absolute atomic E-state index is 0.518. The zero-order valence-corrected chi connectivity index (χ0v) is 19.3. The molecule has 0 spiro atoms. The quantitative estimate of drug-likeness (QED) is 0.413. The molecule has 0 saturated carbocycles. The smallest absolute Gasteiger partial charge is 0.139 e. The molecule has 2 aromatic carbocycles. The number of ether oxygens (including phenoxy) is 2. The molecular weight excluding hydrogens is 414 g/mol. The van der Waals surface area contributed by atoms with Crippen molar-refractivity contribution in [1.29, 1.82) is 0 Å². The van der Waals surface area contributed by atoms with Gasteiger partial charge in [0.25, 0.3) is 0 Å². The number of pyridine rings is 1. The molecule has 2 aromatic heterocycles. The fraction of sp³-hybridized carbons (Fsp3) is 0.385. The Labute approximate surface area is 194 Å². The fourth-order valence-electron chi connectivity index (χ4n) is 4.68. The molecule has 3 heterocycles. The van der Waals surface area contributed by atoms with E-state index < -0.39 is 0 Å². The SMILES string of the molecule is CNCC1CCN(c2cccc3ccc(-n4cnc5cc(OCCOC)ccc54)nc23)CC1. The highest BCUT2D eigenvalue weighted by Gasteiger charge is 2.21. The predicted octanol–water partition coefficient (Wildman–Crippen LogP) is 4.03. The van der Waals surface area contributed by atoms with Gasteiger partial charge in [0.05, 0.1) is 28.8 Å². The third kappa shape index (κ3) is 4.51. The van der Waals surface area contributed by atoms with Crippen LogP contribution in [0.2, 0.25) is 0 Å². The number of nitrogens with zero attached hydrogens (tertiary/aromatic N) is 4. The number of anilines is 1. The van der Waals surface area contributed by atoms with Gasteiger partial charge in [-0.15, -0.1) is 0 Å². The second-order valence-electron chi connectivity index (χ2n) is 8.61. The summed E-state index contributed by atoms with van der Waals surface area (Å²) < 4.78 is 12.8. The summed E-state index contributed by atoms with van der Waals surface area (Å²) in [5, 5.41) is 4.48. The van der Waals surface area contributed by atoms with E-state index in [9.17, 15) is 0 Å². The maximum Gasteiger partial charge on any atom is 0.139 e. The lowest BCUT2D eigenvalue weighted by molar-refractivity contribution is 0.146. The number of nitrogens with one attached hydrogen (secondary N) is 1. The summed E-state index contributed by atoms with van der Waals surface area (Å²) >= 11 is 0. The maximum atomic E-state index is 5.73. The average Bonchev–Trinajstić information content (AvgIpc) is 3.28. The van der Waals surface area contributed by atoms with Gasteiger partial charge in [-0.1, -0.05) is 12.1 Å². The minimum atomic E-state index is 0.518. The number of hydrogen-bond acceptors (Lipinski definition) is 6. The molecule has 7 nitrogen and oxygen atoms in total. The van der Waals surface area contributed by atoms with E-state index in [1.165, 1.54) is 18.5 Å². The van der Waals surface area contributed by atoms with Crippen molar-refractivity contribution in [3.8, 4) is 11.6 Å². The highest BCUT2D eigenvalue weighted by molar-refractivity contribution is 5.92. The fourth-order valence-corrected chi connectivity index (χ4v) is 4.68. The Hall–Kier alpha value is -3.16. The first-order valence-electron chi connectivity index (χ1n) is 11.7. The Balaban J connectivity index is 1.45. The number of rotatable bonds is 8. The summed E-state index contributed by atoms with van der Waals surface area (Å²) in [7, 11) is 3.71. The largest absolute Gasteiger partial charge is 0.491 e. The van der Waals surface area contributed by atoms with Crippen LogP contribution in [0.1, 0.15) is 12.8 Å². The number of para-hydroxylation sites is 1. The Morgan fingerprint density at radius 1 is 1.06 bits per heavy atom. The summed E-state index contributed by atoms with van der Waals surface area (Å²) in [6.07, 6.45) is 4.25. The van der Waals surface area contributed by atoms with Crippen LogP contribution in [0.25, 0.3) is 27.8 Å². The number of fused-ring (bicyclic) bond motifs is 2. The number of benzene rings is 2. The van der Waals surface area contributed by atoms with E-state index in [1.54, 1.807) is 7.11 Å². The standard InChI is InChI=1S/C26H31N5O2/c1-27-17-19-10-12-30(13-11-19)24-5-3-4-20-6-9-25(29-26(20)24)31-18-28-22-16-21(7-8-23(22)31)33-15-14-32-2/h3-9,16,18-19,27H,10-15,17H2,1-2H3. The lowest BCUT2D eigenvalue weighted by Crippen LogP contribution is -2.36. The van der Waals surface area contributed by atoms with E-state index in [0.29, 0.717) is 13.2 Å². The third-order valence-electron chi connectivity index (χ3n) is 6.45. The van der Waals surface area contributed by atoms with Crippen molar-refractivity contribution in [2.24, 2.45) is 5.92 Å². The van der Waals surface area contributed by atoms with E-state index in [4.69, 9.17) is 14.5 Å². The lowest BCUT2D eigenvalue weighted by Gasteiger charge is -2.34. The molecule has 1 saturated heterocycles. The number of aromatic nitrogens is 3. The van der Waals surface area contributed by atoms with Gasteiger partial charge in [-0.2, -0.15) is 0 Å². The molecule has 1 N–H and O–H groups in total. The number of methoxy groups -OCH3 is 1. The maximum absolute atomic E-state index is 5.73. The highest BCUT2D eigenvalue weighted by atomic mass is 16.5. The first-order chi connectivity index (χ1) is 16.3. The Morgan fingerprint density at radius 3 is 2.76 bits per heavy atom. The summed E-state index contributed by atoms with van der Waals surface area (Å²) in [6, 6.07) is 16.7. The molecule has 0 aliphatic carbocycles. The van der Waals surface area contributed by atoms with Gasteiger partial charge in [0.2, 0.25) is 0 Å². The molecule has 0 unspecified atom stereocenters. The topological polar surface area (TPSA) is 64.4 Å². The monoisotopic (exact) mass is 445 g/mol. The molecule has 7 heteroatoms. The van der Waals surface area contributed by atoms with Crippen LogP contribution in [0.5, 0.6) is 5.75 Å². The number of hydrogen-bond donors (Lipinski definition) is 1. The molecule has 172 valence electrons. The molecule has 1 aliphatic rings. The van der Waals surface area contributed by atoms with Gasteiger partial charge in [-0.3, -0.25) is 4.57 Å². The van der Waals surface area contributed by atoms with Gasteiger partial charge < -0.3 is 19.7 Å². The van der Waals surface area contributed by atoms with Crippen LogP contribution in [0, 0.1) is 5.92 Å². The van der Waals surface area contributed by atoms with Crippen molar-refractivity contribution in [3.63, 3.8) is 0 Å². The molecule has 0 amide bonds. The summed E-state index contributed by atoms with van der Waals surface area (Å²) in [5.41, 5.74) is 4.15. The van der Waals surface area contributed by atoms with Crippen LogP contribution in [0.15, 0.2) is 54.9 Å². The van der Waals surface area contributed by atoms with Crippen molar-refractivity contribution in [1.82, 2.24) is 19.9 Å². The van der Waals surface area contributed by atoms with Crippen molar-refractivity contribution in [2.45, 2.75) is 12.8 Å². The second-order valence-corrected chi connectivity index (χ2v) is 8.61. The molecule has 0 bridgehead atoms. The van der Waals surface area contributed by atoms with E-state index in [0.717, 1.165) is 59.1 Å². The zero-order chi connectivity index (χ0) is 22.6. The van der Waals surface area contributed by atoms with E-state index in [1.807, 2.05) is 36.1 Å². The molecule has 0 radical (unpaired) electrons. The Kier molecular flexibility index (Phi) is 6.41. The van der Waals surface area contributed by atoms with Crippen molar-refractivity contribution >= 4 is 27.6 Å². The van der Waals surface area contributed by atoms with Crippen LogP contribution in [-0.2, 0) is 4.74 Å². The van der Waals surface area contributed by atoms with Gasteiger partial charge >= 0.3 is 0 Å². The zero-order valence-electron chi connectivity index (χ0n) is 19.3. The Bertz CT molecular complexity index is 1230. The molecule has 4 aromatic rings. The van der Waals surface area contributed by atoms with Gasteiger partial charge in [-0.25, -0.2) is 9.97 Å². The van der Waals surface area contributed by atoms with Crippen molar-refractivity contribution < 1.29 is 9.47 Å². The van der Waals surface area contributed by atoms with Gasteiger partial charge in [0.15, 0.2) is 0 Å². The number of imidazole rings is 1. The van der Waals surface area contributed by atoms with E-state index >= 15 is 0 Å². The average molecular weight is 446 g/mol. The summed E-state index contributed by atoms with van der Waals surface area (Å²) in [5.74, 6) is 2.42. The van der Waals surface area contributed by atoms with Crippen LogP contribution in [0.3, 0.4) is 0 Å². The van der Waals surface area contributed by atoms with E-state index in [-0.39, 0.29) is 0 Å². The third-order valence-corrected chi connectivity index (χ3v) is 6.45. The van der Waals surface area contributed by atoms with Crippen molar-refractivity contribution in [2.75, 3.05) is 51.9 Å². The lowest BCUT2D eigenvalue weighted by atomic mass is 9.96. The van der Waals surface area contributed by atoms with E-state index in [2.05, 4.69) is 45.5 Å². The normalized spacial score (nSPS) is 14.9. The number of piperidine rings is 1. The predicted molar refractivity (Wildman–Crippen MR) is 133 cm³/mol. The molecule has 1 aliphatic heterocycles. The van der Waals surface area contributed by atoms with Crippen LogP contribution >= 0.6 is 0 Å². The van der Waals surface area contributed by atoms with Crippen LogP contribution in [-0.4, -0.2) is 61.5 Å². The second kappa shape index (κ2) is 9.77. The molecule has 0 atom stereocenters. The minimum Gasteiger partial charge on any atom is -0.491 e. The molecular formula is C26H31N5O2. The highest BCUT2D eigenvalue weighted by Crippen LogP contribution is 2.30. The van der Waals surface area contributed by atoms with Gasteiger partial charge in [-0.05, 0) is 62.7 Å². The first kappa shape index (κ1) is 21.7. The van der Waals surface area contributed by atoms with Gasteiger partial charge in [0.1, 0.15) is 24.5 Å². The van der Waals surface area contributed by atoms with Gasteiger partial charge in [0, 0.05) is 31.7 Å². The van der Waals surface area contributed by atoms with Crippen molar-refractivity contribution in [3.05, 3.63) is 54.9 Å². The summed E-state index contributed by atoms with van der Waals surface area (Å²) in [6.45, 7) is 4.31. The van der Waals surface area contributed by atoms with Crippen LogP contribution < -0.4 is 15.0 Å². The first-order valence-corrected chi connectivity index (χ1v) is 11.7. The molecule has 1 fully saturated rings. The molecule has 5 rings (SSSR count).